The number of aliphatic hydroxyl groups excluding tert-OH is 1. The van der Waals surface area contributed by atoms with E-state index in [9.17, 15) is 24.6 Å². The van der Waals surface area contributed by atoms with Crippen molar-refractivity contribution in [1.82, 2.24) is 9.80 Å². The summed E-state index contributed by atoms with van der Waals surface area (Å²) in [6, 6.07) is 0. The maximum absolute atomic E-state index is 12.3. The van der Waals surface area contributed by atoms with Crippen LogP contribution < -0.4 is 0 Å². The zero-order valence-corrected chi connectivity index (χ0v) is 15.8. The predicted molar refractivity (Wildman–Crippen MR) is 95.8 cm³/mol. The maximum atomic E-state index is 12.3. The number of aliphatic carboxylic acids is 1. The lowest BCUT2D eigenvalue weighted by Gasteiger charge is -2.44. The molecule has 138 valence electrons. The van der Waals surface area contributed by atoms with Gasteiger partial charge in [0.25, 0.3) is 0 Å². The SMILES string of the molecule is CCC(O)C1C(=O)N2C(C(=O)O)=C(SC3CCN(CC(C)=O)C3)SC12. The van der Waals surface area contributed by atoms with Crippen LogP contribution in [0.15, 0.2) is 9.93 Å². The Kier molecular flexibility index (Phi) is 5.48. The summed E-state index contributed by atoms with van der Waals surface area (Å²) in [5, 5.41) is 19.5. The molecule has 0 spiro atoms. The molecule has 0 bridgehead atoms. The fraction of sp³-hybridized carbons (Fsp3) is 0.688. The molecule has 1 amide bonds. The lowest BCUT2D eigenvalue weighted by atomic mass is 9.90. The average molecular weight is 386 g/mol. The standard InChI is InChI=1S/C16H22N2O5S2/c1-3-10(20)11-13(21)18-12(15(22)23)16(25-14(11)18)24-9-4-5-17(7-9)6-8(2)19/h9-11,14,20H,3-7H2,1-2H3,(H,22,23). The van der Waals surface area contributed by atoms with Crippen molar-refractivity contribution in [3.63, 3.8) is 0 Å². The second-order valence-corrected chi connectivity index (χ2v) is 9.32. The van der Waals surface area contributed by atoms with E-state index in [2.05, 4.69) is 4.90 Å². The number of aliphatic hydroxyl groups is 1. The number of carboxylic acids is 1. The number of thioether (sulfide) groups is 2. The van der Waals surface area contributed by atoms with E-state index >= 15 is 0 Å². The number of likely N-dealkylation sites (tertiary alicyclic amines) is 1. The topological polar surface area (TPSA) is 98.2 Å². The number of ketones is 1. The zero-order chi connectivity index (χ0) is 18.3. The van der Waals surface area contributed by atoms with E-state index in [1.165, 1.54) is 28.4 Å². The number of rotatable bonds is 7. The fourth-order valence-electron chi connectivity index (χ4n) is 3.50. The summed E-state index contributed by atoms with van der Waals surface area (Å²) >= 11 is 2.86. The highest BCUT2D eigenvalue weighted by Crippen LogP contribution is 2.55. The Bertz CT molecular complexity index is 638. The maximum Gasteiger partial charge on any atom is 0.354 e. The Morgan fingerprint density at radius 1 is 1.44 bits per heavy atom. The minimum absolute atomic E-state index is 0.0505. The van der Waals surface area contributed by atoms with Gasteiger partial charge < -0.3 is 10.2 Å². The van der Waals surface area contributed by atoms with Crippen molar-refractivity contribution in [1.29, 1.82) is 0 Å². The summed E-state index contributed by atoms with van der Waals surface area (Å²) < 4.78 is 0.645. The van der Waals surface area contributed by atoms with Crippen LogP contribution in [0, 0.1) is 5.92 Å². The molecular formula is C16H22N2O5S2. The largest absolute Gasteiger partial charge is 0.477 e. The quantitative estimate of drug-likeness (QED) is 0.624. The number of fused-ring (bicyclic) bond motifs is 1. The Hall–Kier alpha value is -1.03. The monoisotopic (exact) mass is 386 g/mol. The van der Waals surface area contributed by atoms with E-state index in [0.717, 1.165) is 19.5 Å². The average Bonchev–Trinajstić information content (AvgIpc) is 3.09. The molecule has 2 saturated heterocycles. The summed E-state index contributed by atoms with van der Waals surface area (Å²) in [6.07, 6.45) is 0.613. The fourth-order valence-corrected chi connectivity index (χ4v) is 6.81. The van der Waals surface area contributed by atoms with Gasteiger partial charge in [-0.3, -0.25) is 19.4 Å². The first-order chi connectivity index (χ1) is 11.8. The smallest absolute Gasteiger partial charge is 0.354 e. The number of nitrogens with zero attached hydrogens (tertiary/aromatic N) is 2. The van der Waals surface area contributed by atoms with Crippen LogP contribution in [0.1, 0.15) is 26.7 Å². The van der Waals surface area contributed by atoms with Crippen molar-refractivity contribution in [2.75, 3.05) is 19.6 Å². The van der Waals surface area contributed by atoms with Gasteiger partial charge in [0.2, 0.25) is 5.91 Å². The molecule has 0 aromatic heterocycles. The Balaban J connectivity index is 1.70. The predicted octanol–water partition coefficient (Wildman–Crippen LogP) is 0.939. The molecule has 2 fully saturated rings. The third-order valence-electron chi connectivity index (χ3n) is 4.73. The van der Waals surface area contributed by atoms with Crippen molar-refractivity contribution >= 4 is 41.2 Å². The van der Waals surface area contributed by atoms with Gasteiger partial charge in [-0.25, -0.2) is 4.79 Å². The minimum atomic E-state index is -1.10. The Morgan fingerprint density at radius 2 is 2.16 bits per heavy atom. The Morgan fingerprint density at radius 3 is 2.76 bits per heavy atom. The number of carboxylic acid groups (broad SMARTS) is 1. The van der Waals surface area contributed by atoms with E-state index in [0.29, 0.717) is 17.2 Å². The molecule has 3 aliphatic rings. The first kappa shape index (κ1) is 18.8. The van der Waals surface area contributed by atoms with E-state index in [1.54, 1.807) is 6.92 Å². The van der Waals surface area contributed by atoms with Crippen LogP contribution in [-0.2, 0) is 14.4 Å². The van der Waals surface area contributed by atoms with Gasteiger partial charge in [0.05, 0.1) is 22.8 Å². The van der Waals surface area contributed by atoms with Crippen LogP contribution in [0.25, 0.3) is 0 Å². The van der Waals surface area contributed by atoms with Crippen LogP contribution >= 0.6 is 23.5 Å². The molecule has 9 heteroatoms. The van der Waals surface area contributed by atoms with Gasteiger partial charge in [-0.05, 0) is 26.3 Å². The van der Waals surface area contributed by atoms with Crippen LogP contribution in [0.5, 0.6) is 0 Å². The second-order valence-electron chi connectivity index (χ2n) is 6.62. The summed E-state index contributed by atoms with van der Waals surface area (Å²) in [5.41, 5.74) is 0.0505. The van der Waals surface area contributed by atoms with E-state index in [1.807, 2.05) is 6.92 Å². The van der Waals surface area contributed by atoms with Gasteiger partial charge >= 0.3 is 5.97 Å². The minimum Gasteiger partial charge on any atom is -0.477 e. The third kappa shape index (κ3) is 3.47. The Labute approximate surface area is 154 Å². The number of hydrogen-bond donors (Lipinski definition) is 2. The van der Waals surface area contributed by atoms with Gasteiger partial charge in [0.1, 0.15) is 11.2 Å². The third-order valence-corrected chi connectivity index (χ3v) is 7.59. The highest BCUT2D eigenvalue weighted by Gasteiger charge is 2.58. The van der Waals surface area contributed by atoms with Gasteiger partial charge in [-0.15, -0.1) is 11.8 Å². The molecule has 0 aromatic rings. The molecule has 4 atom stereocenters. The molecule has 2 N–H and O–H groups in total. The normalized spacial score (nSPS) is 30.4. The van der Waals surface area contributed by atoms with Gasteiger partial charge in [-0.1, -0.05) is 18.7 Å². The van der Waals surface area contributed by atoms with Gasteiger partial charge in [0.15, 0.2) is 5.70 Å². The first-order valence-electron chi connectivity index (χ1n) is 8.37. The van der Waals surface area contributed by atoms with E-state index in [4.69, 9.17) is 0 Å². The molecule has 0 aromatic carbocycles. The highest BCUT2D eigenvalue weighted by atomic mass is 32.2. The lowest BCUT2D eigenvalue weighted by molar-refractivity contribution is -0.157. The molecule has 0 saturated carbocycles. The molecule has 7 nitrogen and oxygen atoms in total. The number of hydrogen-bond acceptors (Lipinski definition) is 7. The molecule has 0 radical (unpaired) electrons. The summed E-state index contributed by atoms with van der Waals surface area (Å²) in [4.78, 5) is 38.6. The lowest BCUT2D eigenvalue weighted by Crippen LogP contribution is -2.61. The number of carbonyl (C=O) groups is 3. The summed E-state index contributed by atoms with van der Waals surface area (Å²) in [7, 11) is 0. The zero-order valence-electron chi connectivity index (χ0n) is 14.2. The number of carbonyl (C=O) groups excluding carboxylic acids is 2. The molecule has 4 unspecified atom stereocenters. The molecule has 0 aliphatic carbocycles. The van der Waals surface area contributed by atoms with E-state index < -0.39 is 18.0 Å². The van der Waals surface area contributed by atoms with Gasteiger partial charge in [0, 0.05) is 11.8 Å². The highest BCUT2D eigenvalue weighted by molar-refractivity contribution is 8.23. The van der Waals surface area contributed by atoms with E-state index in [-0.39, 0.29) is 28.0 Å². The summed E-state index contributed by atoms with van der Waals surface area (Å²) in [5.74, 6) is -1.81. The molecular weight excluding hydrogens is 364 g/mol. The van der Waals surface area contributed by atoms with Crippen LogP contribution in [0.3, 0.4) is 0 Å². The van der Waals surface area contributed by atoms with Crippen molar-refractivity contribution in [2.45, 2.75) is 43.4 Å². The van der Waals surface area contributed by atoms with Crippen molar-refractivity contribution in [3.8, 4) is 0 Å². The molecule has 3 heterocycles. The first-order valence-corrected chi connectivity index (χ1v) is 10.1. The van der Waals surface area contributed by atoms with Crippen molar-refractivity contribution in [3.05, 3.63) is 9.93 Å². The number of β-lactam (4-membered cyclic amide) rings is 1. The molecule has 3 rings (SSSR count). The number of Topliss-reactive ketones (excluding diaryl/α,β-unsaturated/α-hetero) is 1. The van der Waals surface area contributed by atoms with Crippen molar-refractivity contribution in [2.24, 2.45) is 5.92 Å². The summed E-state index contributed by atoms with van der Waals surface area (Å²) in [6.45, 7) is 5.35. The van der Waals surface area contributed by atoms with Crippen LogP contribution in [0.2, 0.25) is 0 Å². The van der Waals surface area contributed by atoms with Gasteiger partial charge in [-0.2, -0.15) is 0 Å². The van der Waals surface area contributed by atoms with Crippen molar-refractivity contribution < 1.29 is 24.6 Å². The van der Waals surface area contributed by atoms with Crippen LogP contribution in [0.4, 0.5) is 0 Å². The van der Waals surface area contributed by atoms with Crippen LogP contribution in [-0.4, -0.2) is 74.0 Å². The second kappa shape index (κ2) is 7.30. The molecule has 3 aliphatic heterocycles. The molecule has 25 heavy (non-hydrogen) atoms. The number of amides is 1.